The SMILES string of the molecule is CCCCCCCCCCCCCC(=O)NCCN(CCOCCC(=O)ON)CCC(=O)ON. The van der Waals surface area contributed by atoms with Crippen LogP contribution in [-0.2, 0) is 28.8 Å². The first kappa shape index (κ1) is 32.2. The molecule has 10 heteroatoms. The third kappa shape index (κ3) is 22.1. The second kappa shape index (κ2) is 24.4. The Hall–Kier alpha value is -1.75. The Morgan fingerprint density at radius 1 is 0.676 bits per heavy atom. The summed E-state index contributed by atoms with van der Waals surface area (Å²) in [5.74, 6) is 8.67. The molecule has 0 aliphatic carbocycles. The highest BCUT2D eigenvalue weighted by atomic mass is 16.7. The van der Waals surface area contributed by atoms with Crippen LogP contribution in [0, 0.1) is 0 Å². The number of unbranched alkanes of at least 4 members (excludes halogenated alkanes) is 10. The molecular formula is C24H48N4O6. The number of nitrogens with two attached hydrogens (primary N) is 2. The van der Waals surface area contributed by atoms with E-state index in [-0.39, 0.29) is 25.4 Å². The number of ether oxygens (including phenoxy) is 1. The van der Waals surface area contributed by atoms with Gasteiger partial charge in [0, 0.05) is 32.6 Å². The zero-order chi connectivity index (χ0) is 25.3. The lowest BCUT2D eigenvalue weighted by Crippen LogP contribution is -2.38. The standard InChI is InChI=1S/C24H48N4O6/c1-2-3-4-5-6-7-8-9-10-11-12-13-22(29)27-16-18-28(17-14-23(30)33-25)19-21-32-20-15-24(31)34-26/h2-21,25-26H2,1H3,(H,27,29). The van der Waals surface area contributed by atoms with E-state index in [1.54, 1.807) is 0 Å². The summed E-state index contributed by atoms with van der Waals surface area (Å²) in [7, 11) is 0. The fourth-order valence-electron chi connectivity index (χ4n) is 3.55. The van der Waals surface area contributed by atoms with Gasteiger partial charge in [0.25, 0.3) is 0 Å². The number of rotatable bonds is 24. The number of hydrogen-bond acceptors (Lipinski definition) is 9. The highest BCUT2D eigenvalue weighted by Crippen LogP contribution is 2.11. The fraction of sp³-hybridized carbons (Fsp3) is 0.875. The van der Waals surface area contributed by atoms with E-state index in [1.807, 2.05) is 4.90 Å². The van der Waals surface area contributed by atoms with Crippen LogP contribution in [0.15, 0.2) is 0 Å². The van der Waals surface area contributed by atoms with Crippen molar-refractivity contribution in [1.29, 1.82) is 0 Å². The largest absolute Gasteiger partial charge is 0.380 e. The number of nitrogens with one attached hydrogen (secondary N) is 1. The van der Waals surface area contributed by atoms with Crippen LogP contribution >= 0.6 is 0 Å². The molecular weight excluding hydrogens is 440 g/mol. The summed E-state index contributed by atoms with van der Waals surface area (Å²) in [6.45, 7) is 4.81. The van der Waals surface area contributed by atoms with Crippen molar-refractivity contribution in [2.24, 2.45) is 11.8 Å². The zero-order valence-electron chi connectivity index (χ0n) is 21.2. The number of hydrogen-bond donors (Lipinski definition) is 3. The average molecular weight is 489 g/mol. The summed E-state index contributed by atoms with van der Waals surface area (Å²) in [4.78, 5) is 44.6. The Bertz CT molecular complexity index is 522. The summed E-state index contributed by atoms with van der Waals surface area (Å²) in [6, 6.07) is 0. The van der Waals surface area contributed by atoms with Gasteiger partial charge in [-0.05, 0) is 6.42 Å². The van der Waals surface area contributed by atoms with Gasteiger partial charge in [-0.3, -0.25) is 19.3 Å². The van der Waals surface area contributed by atoms with Gasteiger partial charge in [0.15, 0.2) is 0 Å². The van der Waals surface area contributed by atoms with Crippen LogP contribution in [0.2, 0.25) is 0 Å². The Balaban J connectivity index is 3.86. The van der Waals surface area contributed by atoms with Crippen LogP contribution in [0.3, 0.4) is 0 Å². The molecule has 0 aromatic carbocycles. The Kier molecular flexibility index (Phi) is 23.1. The van der Waals surface area contributed by atoms with Gasteiger partial charge < -0.3 is 19.7 Å². The van der Waals surface area contributed by atoms with Gasteiger partial charge in [0.2, 0.25) is 5.91 Å². The normalized spacial score (nSPS) is 10.9. The maximum atomic E-state index is 12.1. The van der Waals surface area contributed by atoms with Crippen molar-refractivity contribution in [2.75, 3.05) is 39.4 Å². The molecule has 0 saturated heterocycles. The molecule has 200 valence electrons. The van der Waals surface area contributed by atoms with Gasteiger partial charge in [-0.25, -0.2) is 0 Å². The van der Waals surface area contributed by atoms with E-state index in [4.69, 9.17) is 16.5 Å². The highest BCUT2D eigenvalue weighted by molar-refractivity contribution is 5.75. The Morgan fingerprint density at radius 3 is 1.82 bits per heavy atom. The first-order valence-electron chi connectivity index (χ1n) is 12.9. The highest BCUT2D eigenvalue weighted by Gasteiger charge is 2.10. The van der Waals surface area contributed by atoms with E-state index >= 15 is 0 Å². The van der Waals surface area contributed by atoms with Crippen molar-refractivity contribution in [1.82, 2.24) is 10.2 Å². The first-order chi connectivity index (χ1) is 16.5. The van der Waals surface area contributed by atoms with Crippen molar-refractivity contribution < 1.29 is 28.8 Å². The van der Waals surface area contributed by atoms with E-state index in [9.17, 15) is 14.4 Å². The lowest BCUT2D eigenvalue weighted by atomic mass is 10.1. The molecule has 1 amide bonds. The number of carbonyl (C=O) groups excluding carboxylic acids is 3. The predicted octanol–water partition coefficient (Wildman–Crippen LogP) is 2.74. The minimum atomic E-state index is -0.539. The van der Waals surface area contributed by atoms with Crippen molar-refractivity contribution in [3.63, 3.8) is 0 Å². The van der Waals surface area contributed by atoms with E-state index < -0.39 is 11.9 Å². The summed E-state index contributed by atoms with van der Waals surface area (Å²) < 4.78 is 5.39. The maximum Gasteiger partial charge on any atom is 0.326 e. The minimum absolute atomic E-state index is 0.0498. The van der Waals surface area contributed by atoms with Crippen LogP contribution in [0.4, 0.5) is 0 Å². The maximum absolute atomic E-state index is 12.1. The molecule has 0 heterocycles. The molecule has 34 heavy (non-hydrogen) atoms. The molecule has 0 aromatic heterocycles. The van der Waals surface area contributed by atoms with Crippen LogP contribution in [0.5, 0.6) is 0 Å². The Morgan fingerprint density at radius 2 is 1.24 bits per heavy atom. The van der Waals surface area contributed by atoms with E-state index in [2.05, 4.69) is 21.9 Å². The average Bonchev–Trinajstić information content (AvgIpc) is 2.84. The van der Waals surface area contributed by atoms with Gasteiger partial charge in [0.1, 0.15) is 0 Å². The molecule has 0 rings (SSSR count). The minimum Gasteiger partial charge on any atom is -0.380 e. The van der Waals surface area contributed by atoms with Gasteiger partial charge >= 0.3 is 11.9 Å². The summed E-state index contributed by atoms with van der Waals surface area (Å²) in [5, 5.41) is 2.94. The number of amides is 1. The lowest BCUT2D eigenvalue weighted by molar-refractivity contribution is -0.146. The van der Waals surface area contributed by atoms with Crippen molar-refractivity contribution in [2.45, 2.75) is 96.8 Å². The van der Waals surface area contributed by atoms with Crippen LogP contribution in [0.1, 0.15) is 96.8 Å². The third-order valence-electron chi connectivity index (χ3n) is 5.66. The number of nitrogens with zero attached hydrogens (tertiary/aromatic N) is 1. The second-order valence-corrected chi connectivity index (χ2v) is 8.57. The summed E-state index contributed by atoms with van der Waals surface area (Å²) >= 11 is 0. The topological polar surface area (TPSA) is 146 Å². The predicted molar refractivity (Wildman–Crippen MR) is 131 cm³/mol. The van der Waals surface area contributed by atoms with Crippen LogP contribution < -0.4 is 17.1 Å². The van der Waals surface area contributed by atoms with Crippen LogP contribution in [-0.4, -0.2) is 62.1 Å². The van der Waals surface area contributed by atoms with Crippen molar-refractivity contribution in [3.8, 4) is 0 Å². The Labute approximate surface area is 205 Å². The molecule has 0 aromatic rings. The van der Waals surface area contributed by atoms with Gasteiger partial charge in [0.05, 0.1) is 26.1 Å². The smallest absolute Gasteiger partial charge is 0.326 e. The lowest BCUT2D eigenvalue weighted by Gasteiger charge is -2.21. The zero-order valence-corrected chi connectivity index (χ0v) is 21.2. The van der Waals surface area contributed by atoms with Crippen molar-refractivity contribution in [3.05, 3.63) is 0 Å². The van der Waals surface area contributed by atoms with E-state index in [0.717, 1.165) is 12.8 Å². The van der Waals surface area contributed by atoms with Gasteiger partial charge in [-0.15, -0.1) is 0 Å². The fourth-order valence-corrected chi connectivity index (χ4v) is 3.55. The summed E-state index contributed by atoms with van der Waals surface area (Å²) in [6.07, 6.45) is 14.6. The van der Waals surface area contributed by atoms with Gasteiger partial charge in [-0.1, -0.05) is 71.1 Å². The molecule has 0 spiro atoms. The third-order valence-corrected chi connectivity index (χ3v) is 5.66. The van der Waals surface area contributed by atoms with Gasteiger partial charge in [-0.2, -0.15) is 11.8 Å². The monoisotopic (exact) mass is 488 g/mol. The summed E-state index contributed by atoms with van der Waals surface area (Å²) in [5.41, 5.74) is 0. The van der Waals surface area contributed by atoms with E-state index in [1.165, 1.54) is 57.8 Å². The molecule has 0 aliphatic rings. The van der Waals surface area contributed by atoms with E-state index in [0.29, 0.717) is 39.2 Å². The molecule has 10 nitrogen and oxygen atoms in total. The molecule has 0 unspecified atom stereocenters. The second-order valence-electron chi connectivity index (χ2n) is 8.57. The first-order valence-corrected chi connectivity index (χ1v) is 12.9. The van der Waals surface area contributed by atoms with Crippen LogP contribution in [0.25, 0.3) is 0 Å². The molecule has 0 radical (unpaired) electrons. The quantitative estimate of drug-likeness (QED) is 0.138. The van der Waals surface area contributed by atoms with Crippen molar-refractivity contribution >= 4 is 17.8 Å². The molecule has 0 fully saturated rings. The molecule has 0 saturated carbocycles. The molecule has 0 atom stereocenters. The molecule has 5 N–H and O–H groups in total. The molecule has 0 bridgehead atoms. The number of carbonyl (C=O) groups is 3. The molecule has 0 aliphatic heterocycles.